The van der Waals surface area contributed by atoms with Crippen molar-refractivity contribution in [1.82, 2.24) is 0 Å². The molecule has 0 bridgehead atoms. The van der Waals surface area contributed by atoms with Crippen molar-refractivity contribution < 1.29 is 9.53 Å². The lowest BCUT2D eigenvalue weighted by atomic mass is 10.1. The Morgan fingerprint density at radius 3 is 2.48 bits per heavy atom. The van der Waals surface area contributed by atoms with Gasteiger partial charge in [-0.1, -0.05) is 48.0 Å². The summed E-state index contributed by atoms with van der Waals surface area (Å²) in [6.07, 6.45) is 0. The molecule has 0 saturated carbocycles. The fourth-order valence-electron chi connectivity index (χ4n) is 2.21. The molecule has 0 spiro atoms. The number of ether oxygens (including phenoxy) is 1. The van der Waals surface area contributed by atoms with Crippen LogP contribution in [0.25, 0.3) is 10.8 Å². The van der Waals surface area contributed by atoms with Gasteiger partial charge < -0.3 is 4.74 Å². The van der Waals surface area contributed by atoms with Crippen LogP contribution in [0.5, 0.6) is 11.5 Å². The van der Waals surface area contributed by atoms with Gasteiger partial charge in [0.2, 0.25) is 0 Å². The van der Waals surface area contributed by atoms with Crippen molar-refractivity contribution >= 4 is 28.2 Å². The first-order chi connectivity index (χ1) is 10.1. The van der Waals surface area contributed by atoms with Crippen molar-refractivity contribution in [1.29, 1.82) is 0 Å². The maximum atomic E-state index is 11.3. The van der Waals surface area contributed by atoms with E-state index in [9.17, 15) is 4.79 Å². The molecule has 3 aromatic rings. The Labute approximate surface area is 127 Å². The number of carbonyl (C=O) groups excluding carboxylic acids is 1. The molecule has 3 heteroatoms. The van der Waals surface area contributed by atoms with Gasteiger partial charge in [-0.3, -0.25) is 4.79 Å². The predicted molar refractivity (Wildman–Crippen MR) is 85.5 cm³/mol. The second kappa shape index (κ2) is 5.58. The average molecular weight is 297 g/mol. The maximum absolute atomic E-state index is 11.3. The lowest BCUT2D eigenvalue weighted by molar-refractivity contribution is 0.101. The number of hydrogen-bond donors (Lipinski definition) is 0. The molecule has 21 heavy (non-hydrogen) atoms. The Morgan fingerprint density at radius 2 is 1.71 bits per heavy atom. The van der Waals surface area contributed by atoms with E-state index in [2.05, 4.69) is 0 Å². The van der Waals surface area contributed by atoms with Crippen molar-refractivity contribution in [3.05, 3.63) is 71.2 Å². The quantitative estimate of drug-likeness (QED) is 0.598. The summed E-state index contributed by atoms with van der Waals surface area (Å²) in [6, 6.07) is 18.9. The fraction of sp³-hybridized carbons (Fsp3) is 0.0556. The van der Waals surface area contributed by atoms with Gasteiger partial charge in [0.05, 0.1) is 5.02 Å². The molecule has 2 nitrogen and oxygen atoms in total. The van der Waals surface area contributed by atoms with Gasteiger partial charge in [-0.05, 0) is 36.6 Å². The molecule has 0 atom stereocenters. The first-order valence-electron chi connectivity index (χ1n) is 6.61. The zero-order valence-corrected chi connectivity index (χ0v) is 12.2. The smallest absolute Gasteiger partial charge is 0.159 e. The summed E-state index contributed by atoms with van der Waals surface area (Å²) in [5.41, 5.74) is 0.574. The number of halogens is 1. The van der Waals surface area contributed by atoms with Gasteiger partial charge in [-0.25, -0.2) is 0 Å². The third-order valence-corrected chi connectivity index (χ3v) is 3.60. The topological polar surface area (TPSA) is 26.3 Å². The molecule has 0 aliphatic carbocycles. The minimum Gasteiger partial charge on any atom is -0.455 e. The zero-order chi connectivity index (χ0) is 14.8. The Bertz CT molecular complexity index is 819. The van der Waals surface area contributed by atoms with Gasteiger partial charge in [0.15, 0.2) is 5.78 Å². The molecule has 0 aliphatic heterocycles. The third kappa shape index (κ3) is 2.76. The highest BCUT2D eigenvalue weighted by molar-refractivity contribution is 6.32. The summed E-state index contributed by atoms with van der Waals surface area (Å²) in [5, 5.41) is 2.55. The third-order valence-electron chi connectivity index (χ3n) is 3.31. The van der Waals surface area contributed by atoms with Crippen LogP contribution in [0.1, 0.15) is 17.3 Å². The summed E-state index contributed by atoms with van der Waals surface area (Å²) in [5.74, 6) is 1.26. The molecule has 0 unspecified atom stereocenters. The van der Waals surface area contributed by atoms with Crippen LogP contribution >= 0.6 is 11.6 Å². The highest BCUT2D eigenvalue weighted by Crippen LogP contribution is 2.34. The fourth-order valence-corrected chi connectivity index (χ4v) is 2.42. The lowest BCUT2D eigenvalue weighted by Crippen LogP contribution is -1.93. The summed E-state index contributed by atoms with van der Waals surface area (Å²) in [7, 11) is 0. The van der Waals surface area contributed by atoms with Gasteiger partial charge in [0.1, 0.15) is 11.5 Å². The van der Waals surface area contributed by atoms with Crippen LogP contribution in [-0.4, -0.2) is 5.78 Å². The summed E-state index contributed by atoms with van der Waals surface area (Å²) in [6.45, 7) is 1.51. The van der Waals surface area contributed by atoms with E-state index in [1.807, 2.05) is 42.5 Å². The van der Waals surface area contributed by atoms with E-state index in [0.717, 1.165) is 16.5 Å². The van der Waals surface area contributed by atoms with E-state index in [1.165, 1.54) is 6.92 Å². The van der Waals surface area contributed by atoms with Crippen LogP contribution < -0.4 is 4.74 Å². The molecule has 0 aliphatic rings. The molecule has 0 fully saturated rings. The van der Waals surface area contributed by atoms with Crippen LogP contribution in [0, 0.1) is 0 Å². The Hall–Kier alpha value is -2.32. The molecule has 104 valence electrons. The van der Waals surface area contributed by atoms with Crippen molar-refractivity contribution in [2.45, 2.75) is 6.92 Å². The molecule has 3 rings (SSSR count). The normalized spacial score (nSPS) is 10.6. The van der Waals surface area contributed by atoms with Gasteiger partial charge in [-0.2, -0.15) is 0 Å². The molecule has 0 amide bonds. The first-order valence-corrected chi connectivity index (χ1v) is 6.99. The number of rotatable bonds is 3. The second-order valence-electron chi connectivity index (χ2n) is 4.78. The molecule has 0 aromatic heterocycles. The number of fused-ring (bicyclic) bond motifs is 1. The van der Waals surface area contributed by atoms with Crippen LogP contribution in [-0.2, 0) is 0 Å². The average Bonchev–Trinajstić information content (AvgIpc) is 2.49. The summed E-state index contributed by atoms with van der Waals surface area (Å²) in [4.78, 5) is 11.3. The van der Waals surface area contributed by atoms with Crippen LogP contribution in [0.15, 0.2) is 60.7 Å². The van der Waals surface area contributed by atoms with E-state index in [-0.39, 0.29) is 5.78 Å². The van der Waals surface area contributed by atoms with Crippen molar-refractivity contribution in [3.8, 4) is 11.5 Å². The first kappa shape index (κ1) is 13.7. The number of Topliss-reactive ketones (excluding diaryl/α,β-unsaturated/α-hetero) is 1. The second-order valence-corrected chi connectivity index (χ2v) is 5.19. The molecule has 0 radical (unpaired) electrons. The Balaban J connectivity index is 2.01. The van der Waals surface area contributed by atoms with E-state index in [1.54, 1.807) is 18.2 Å². The van der Waals surface area contributed by atoms with Gasteiger partial charge >= 0.3 is 0 Å². The molecular weight excluding hydrogens is 284 g/mol. The highest BCUT2D eigenvalue weighted by Gasteiger charge is 2.08. The molecule has 0 N–H and O–H groups in total. The molecule has 0 heterocycles. The lowest BCUT2D eigenvalue weighted by Gasteiger charge is -2.11. The Kier molecular flexibility index (Phi) is 3.63. The highest BCUT2D eigenvalue weighted by atomic mass is 35.5. The number of carbonyl (C=O) groups is 1. The SMILES string of the molecule is CC(=O)c1ccc(Oc2cccc3ccccc23)c(Cl)c1. The largest absolute Gasteiger partial charge is 0.455 e. The van der Waals surface area contributed by atoms with Crippen LogP contribution in [0.4, 0.5) is 0 Å². The summed E-state index contributed by atoms with van der Waals surface area (Å²) < 4.78 is 5.91. The van der Waals surface area contributed by atoms with Crippen LogP contribution in [0.3, 0.4) is 0 Å². The zero-order valence-electron chi connectivity index (χ0n) is 11.5. The van der Waals surface area contributed by atoms with Gasteiger partial charge in [-0.15, -0.1) is 0 Å². The molecule has 3 aromatic carbocycles. The molecule has 0 saturated heterocycles. The monoisotopic (exact) mass is 296 g/mol. The van der Waals surface area contributed by atoms with E-state index < -0.39 is 0 Å². The van der Waals surface area contributed by atoms with E-state index in [4.69, 9.17) is 16.3 Å². The Morgan fingerprint density at radius 1 is 0.952 bits per heavy atom. The number of ketones is 1. The standard InChI is InChI=1S/C18H13ClO2/c1-12(20)14-9-10-18(16(19)11-14)21-17-8-4-6-13-5-2-3-7-15(13)17/h2-11H,1H3. The van der Waals surface area contributed by atoms with Crippen LogP contribution in [0.2, 0.25) is 5.02 Å². The minimum absolute atomic E-state index is 0.0198. The van der Waals surface area contributed by atoms with E-state index >= 15 is 0 Å². The maximum Gasteiger partial charge on any atom is 0.159 e. The predicted octanol–water partition coefficient (Wildman–Crippen LogP) is 5.49. The van der Waals surface area contributed by atoms with Gasteiger partial charge in [0.25, 0.3) is 0 Å². The minimum atomic E-state index is -0.0198. The molecular formula is C18H13ClO2. The summed E-state index contributed by atoms with van der Waals surface area (Å²) >= 11 is 6.20. The number of benzene rings is 3. The number of hydrogen-bond acceptors (Lipinski definition) is 2. The van der Waals surface area contributed by atoms with Crippen molar-refractivity contribution in [2.24, 2.45) is 0 Å². The van der Waals surface area contributed by atoms with Gasteiger partial charge in [0, 0.05) is 10.9 Å². The van der Waals surface area contributed by atoms with Crippen molar-refractivity contribution in [2.75, 3.05) is 0 Å². The van der Waals surface area contributed by atoms with Crippen molar-refractivity contribution in [3.63, 3.8) is 0 Å². The van der Waals surface area contributed by atoms with E-state index in [0.29, 0.717) is 16.3 Å².